The highest BCUT2D eigenvalue weighted by molar-refractivity contribution is 5.82. The van der Waals surface area contributed by atoms with Crippen LogP contribution in [-0.2, 0) is 6.42 Å². The zero-order valence-electron chi connectivity index (χ0n) is 27.1. The largest absolute Gasteiger partial charge is 0.497 e. The third-order valence-corrected chi connectivity index (χ3v) is 9.09. The Balaban J connectivity index is 1.27. The molecule has 0 bridgehead atoms. The van der Waals surface area contributed by atoms with Crippen LogP contribution >= 0.6 is 0 Å². The van der Waals surface area contributed by atoms with Gasteiger partial charge < -0.3 is 14.2 Å². The zero-order valence-corrected chi connectivity index (χ0v) is 27.1. The molecule has 0 spiro atoms. The number of hydrogen-bond donors (Lipinski definition) is 0. The molecule has 5 nitrogen and oxygen atoms in total. The Labute approximate surface area is 265 Å². The topological polar surface area (TPSA) is 34.2 Å². The summed E-state index contributed by atoms with van der Waals surface area (Å²) in [5, 5.41) is 0. The lowest BCUT2D eigenvalue weighted by molar-refractivity contribution is 0.214. The maximum atomic E-state index is 6.18. The first-order chi connectivity index (χ1) is 21.7. The zero-order chi connectivity index (χ0) is 30.4. The molecule has 0 saturated carbocycles. The first-order valence-electron chi connectivity index (χ1n) is 16.9. The minimum Gasteiger partial charge on any atom is -0.497 e. The summed E-state index contributed by atoms with van der Waals surface area (Å²) in [6, 6.07) is 25.7. The Hall–Kier alpha value is -3.28. The van der Waals surface area contributed by atoms with Crippen LogP contribution in [0.2, 0.25) is 0 Å². The SMILES string of the molecule is COc1ccc(CC(C)=C(c2ccc(OCCN3CCCCCC3)cc2)c2ccc(OCCN3CCCCCC3)cc2)cc1. The third kappa shape index (κ3) is 9.87. The van der Waals surface area contributed by atoms with Gasteiger partial charge in [-0.2, -0.15) is 0 Å². The molecule has 3 aromatic rings. The molecule has 0 N–H and O–H groups in total. The number of rotatable bonds is 13. The summed E-state index contributed by atoms with van der Waals surface area (Å²) in [4.78, 5) is 5.10. The Kier molecular flexibility index (Phi) is 12.6. The molecule has 0 unspecified atom stereocenters. The minimum atomic E-state index is 0.734. The summed E-state index contributed by atoms with van der Waals surface area (Å²) in [7, 11) is 1.71. The average Bonchev–Trinajstić information content (AvgIpc) is 3.49. The predicted octanol–water partition coefficient (Wildman–Crippen LogP) is 8.27. The molecule has 2 aliphatic rings. The monoisotopic (exact) mass is 596 g/mol. The lowest BCUT2D eigenvalue weighted by Gasteiger charge is -2.20. The summed E-state index contributed by atoms with van der Waals surface area (Å²) < 4.78 is 17.7. The van der Waals surface area contributed by atoms with Gasteiger partial charge in [0.2, 0.25) is 0 Å². The Bertz CT molecular complexity index is 1200. The number of likely N-dealkylation sites (tertiary alicyclic amines) is 2. The standard InChI is InChI=1S/C39H52N2O3/c1-32(31-33-11-17-36(42-2)18-12-33)39(34-13-19-37(20-14-34)43-29-27-40-23-7-3-4-8-24-40)35-15-21-38(22-16-35)44-30-28-41-25-9-5-6-10-26-41/h11-22H,3-10,23-31H2,1-2H3. The first kappa shape index (κ1) is 32.1. The second-order valence-electron chi connectivity index (χ2n) is 12.4. The number of hydrogen-bond acceptors (Lipinski definition) is 5. The summed E-state index contributed by atoms with van der Waals surface area (Å²) in [5.74, 6) is 2.75. The molecule has 5 heteroatoms. The second-order valence-corrected chi connectivity index (χ2v) is 12.4. The molecule has 0 amide bonds. The van der Waals surface area contributed by atoms with Gasteiger partial charge in [0.25, 0.3) is 0 Å². The van der Waals surface area contributed by atoms with Crippen LogP contribution in [-0.4, -0.2) is 69.4 Å². The molecule has 0 atom stereocenters. The average molecular weight is 597 g/mol. The van der Waals surface area contributed by atoms with Gasteiger partial charge in [0.15, 0.2) is 0 Å². The minimum absolute atomic E-state index is 0.734. The van der Waals surface area contributed by atoms with Gasteiger partial charge in [0, 0.05) is 13.1 Å². The van der Waals surface area contributed by atoms with Crippen LogP contribution < -0.4 is 14.2 Å². The summed E-state index contributed by atoms with van der Waals surface area (Å²) >= 11 is 0. The highest BCUT2D eigenvalue weighted by atomic mass is 16.5. The highest BCUT2D eigenvalue weighted by Gasteiger charge is 2.13. The van der Waals surface area contributed by atoms with E-state index >= 15 is 0 Å². The van der Waals surface area contributed by atoms with Crippen LogP contribution in [0.5, 0.6) is 17.2 Å². The highest BCUT2D eigenvalue weighted by Crippen LogP contribution is 2.31. The molecule has 0 aliphatic carbocycles. The van der Waals surface area contributed by atoms with Gasteiger partial charge in [-0.05, 0) is 124 Å². The molecule has 5 rings (SSSR count). The van der Waals surface area contributed by atoms with Crippen LogP contribution in [0.25, 0.3) is 5.57 Å². The molecular weight excluding hydrogens is 544 g/mol. The molecule has 44 heavy (non-hydrogen) atoms. The van der Waals surface area contributed by atoms with Crippen molar-refractivity contribution in [3.05, 3.63) is 95.1 Å². The van der Waals surface area contributed by atoms with Crippen molar-refractivity contribution in [2.24, 2.45) is 0 Å². The summed E-state index contributed by atoms with van der Waals surface area (Å²) in [6.07, 6.45) is 11.6. The van der Waals surface area contributed by atoms with E-state index in [2.05, 4.69) is 77.4 Å². The van der Waals surface area contributed by atoms with Crippen LogP contribution in [0.4, 0.5) is 0 Å². The lowest BCUT2D eigenvalue weighted by Crippen LogP contribution is -2.29. The van der Waals surface area contributed by atoms with Crippen LogP contribution in [0.1, 0.15) is 75.0 Å². The van der Waals surface area contributed by atoms with Crippen molar-refractivity contribution in [2.75, 3.05) is 59.6 Å². The smallest absolute Gasteiger partial charge is 0.119 e. The fraction of sp³-hybridized carbons (Fsp3) is 0.487. The van der Waals surface area contributed by atoms with Crippen LogP contribution in [0.3, 0.4) is 0 Å². The van der Waals surface area contributed by atoms with Crippen molar-refractivity contribution in [1.29, 1.82) is 0 Å². The molecule has 0 radical (unpaired) electrons. The molecule has 0 aromatic heterocycles. The maximum absolute atomic E-state index is 6.18. The molecule has 3 aromatic carbocycles. The van der Waals surface area contributed by atoms with Crippen LogP contribution in [0, 0.1) is 0 Å². The number of ether oxygens (including phenoxy) is 3. The van der Waals surface area contributed by atoms with Gasteiger partial charge in [-0.3, -0.25) is 9.80 Å². The van der Waals surface area contributed by atoms with Crippen molar-refractivity contribution < 1.29 is 14.2 Å². The Morgan fingerprint density at radius 1 is 0.545 bits per heavy atom. The van der Waals surface area contributed by atoms with Gasteiger partial charge in [0.1, 0.15) is 30.5 Å². The van der Waals surface area contributed by atoms with Gasteiger partial charge in [-0.15, -0.1) is 0 Å². The van der Waals surface area contributed by atoms with Gasteiger partial charge in [-0.25, -0.2) is 0 Å². The normalized spacial score (nSPS) is 16.5. The van der Waals surface area contributed by atoms with E-state index in [1.807, 2.05) is 12.1 Å². The van der Waals surface area contributed by atoms with E-state index in [9.17, 15) is 0 Å². The molecule has 2 heterocycles. The quantitative estimate of drug-likeness (QED) is 0.198. The van der Waals surface area contributed by atoms with E-state index in [4.69, 9.17) is 14.2 Å². The van der Waals surface area contributed by atoms with Gasteiger partial charge >= 0.3 is 0 Å². The van der Waals surface area contributed by atoms with Crippen LogP contribution in [0.15, 0.2) is 78.4 Å². The fourth-order valence-corrected chi connectivity index (χ4v) is 6.54. The Morgan fingerprint density at radius 2 is 0.955 bits per heavy atom. The van der Waals surface area contributed by atoms with Crippen molar-refractivity contribution in [3.8, 4) is 17.2 Å². The number of methoxy groups -OCH3 is 1. The second kappa shape index (κ2) is 17.3. The van der Waals surface area contributed by atoms with Crippen molar-refractivity contribution in [2.45, 2.75) is 64.7 Å². The van der Waals surface area contributed by atoms with Gasteiger partial charge in [-0.1, -0.05) is 67.7 Å². The van der Waals surface area contributed by atoms with E-state index in [0.29, 0.717) is 0 Å². The predicted molar refractivity (Wildman–Crippen MR) is 182 cm³/mol. The van der Waals surface area contributed by atoms with E-state index in [1.54, 1.807) is 7.11 Å². The summed E-state index contributed by atoms with van der Waals surface area (Å²) in [5.41, 5.74) is 6.24. The Morgan fingerprint density at radius 3 is 1.36 bits per heavy atom. The fourth-order valence-electron chi connectivity index (χ4n) is 6.54. The molecule has 2 saturated heterocycles. The van der Waals surface area contributed by atoms with E-state index in [1.165, 1.54) is 105 Å². The van der Waals surface area contributed by atoms with E-state index in [0.717, 1.165) is 50.0 Å². The van der Waals surface area contributed by atoms with E-state index in [-0.39, 0.29) is 0 Å². The lowest BCUT2D eigenvalue weighted by atomic mass is 9.90. The molecule has 2 aliphatic heterocycles. The third-order valence-electron chi connectivity index (χ3n) is 9.09. The van der Waals surface area contributed by atoms with Gasteiger partial charge in [0.05, 0.1) is 7.11 Å². The first-order valence-corrected chi connectivity index (χ1v) is 16.9. The van der Waals surface area contributed by atoms with E-state index < -0.39 is 0 Å². The van der Waals surface area contributed by atoms with Crippen molar-refractivity contribution in [3.63, 3.8) is 0 Å². The molecule has 2 fully saturated rings. The molecular formula is C39H52N2O3. The number of nitrogens with zero attached hydrogens (tertiary/aromatic N) is 2. The van der Waals surface area contributed by atoms with Crippen molar-refractivity contribution >= 4 is 5.57 Å². The number of benzene rings is 3. The van der Waals surface area contributed by atoms with Crippen molar-refractivity contribution in [1.82, 2.24) is 9.80 Å². The maximum Gasteiger partial charge on any atom is 0.119 e. The number of allylic oxidation sites excluding steroid dienone is 1. The molecule has 236 valence electrons. The summed E-state index contributed by atoms with van der Waals surface area (Å²) in [6.45, 7) is 10.5.